The van der Waals surface area contributed by atoms with Crippen molar-refractivity contribution in [2.24, 2.45) is 0 Å². The second-order valence-corrected chi connectivity index (χ2v) is 5.95. The van der Waals surface area contributed by atoms with E-state index in [-0.39, 0.29) is 5.75 Å². The van der Waals surface area contributed by atoms with Crippen LogP contribution in [0.4, 0.5) is 5.69 Å². The SMILES string of the molecule is COc1ccc(S(=O)Cc2nc3cc(N)ccc3o2)cc1. The Balaban J connectivity index is 1.81. The van der Waals surface area contributed by atoms with Crippen LogP contribution < -0.4 is 10.5 Å². The molecule has 0 amide bonds. The molecule has 3 aromatic rings. The lowest BCUT2D eigenvalue weighted by Crippen LogP contribution is -1.96. The van der Waals surface area contributed by atoms with Gasteiger partial charge in [-0.2, -0.15) is 0 Å². The van der Waals surface area contributed by atoms with Crippen LogP contribution in [0.5, 0.6) is 5.75 Å². The van der Waals surface area contributed by atoms with Crippen LogP contribution >= 0.6 is 0 Å². The Morgan fingerprint density at radius 2 is 2.00 bits per heavy atom. The lowest BCUT2D eigenvalue weighted by atomic mass is 10.3. The summed E-state index contributed by atoms with van der Waals surface area (Å²) in [5.41, 5.74) is 7.64. The minimum Gasteiger partial charge on any atom is -0.497 e. The van der Waals surface area contributed by atoms with Crippen LogP contribution in [-0.2, 0) is 16.6 Å². The Hall–Kier alpha value is -2.34. The summed E-state index contributed by atoms with van der Waals surface area (Å²) in [4.78, 5) is 5.01. The fourth-order valence-corrected chi connectivity index (χ4v) is 2.93. The average molecular weight is 302 g/mol. The number of fused-ring (bicyclic) bond motifs is 1. The van der Waals surface area contributed by atoms with Gasteiger partial charge in [-0.05, 0) is 42.5 Å². The third-order valence-corrected chi connectivity index (χ3v) is 4.34. The molecule has 6 heteroatoms. The van der Waals surface area contributed by atoms with Crippen molar-refractivity contribution in [2.45, 2.75) is 10.6 Å². The molecule has 5 nitrogen and oxygen atoms in total. The third kappa shape index (κ3) is 2.90. The first kappa shape index (κ1) is 13.6. The largest absolute Gasteiger partial charge is 0.497 e. The molecule has 3 rings (SSSR count). The first-order chi connectivity index (χ1) is 10.2. The van der Waals surface area contributed by atoms with E-state index in [0.717, 1.165) is 5.75 Å². The van der Waals surface area contributed by atoms with Gasteiger partial charge in [0.2, 0.25) is 5.89 Å². The van der Waals surface area contributed by atoms with Crippen molar-refractivity contribution in [3.05, 3.63) is 48.4 Å². The topological polar surface area (TPSA) is 78.3 Å². The Bertz CT molecular complexity index is 796. The summed E-state index contributed by atoms with van der Waals surface area (Å²) >= 11 is 0. The molecule has 1 heterocycles. The second-order valence-electron chi connectivity index (χ2n) is 4.50. The highest BCUT2D eigenvalue weighted by molar-refractivity contribution is 7.84. The zero-order valence-electron chi connectivity index (χ0n) is 11.4. The zero-order valence-corrected chi connectivity index (χ0v) is 12.2. The van der Waals surface area contributed by atoms with Gasteiger partial charge in [0.05, 0.1) is 17.9 Å². The Morgan fingerprint density at radius 1 is 1.24 bits per heavy atom. The lowest BCUT2D eigenvalue weighted by molar-refractivity contribution is 0.414. The molecule has 2 aromatic carbocycles. The van der Waals surface area contributed by atoms with E-state index in [2.05, 4.69) is 4.98 Å². The molecule has 0 bridgehead atoms. The van der Waals surface area contributed by atoms with E-state index in [0.29, 0.717) is 27.6 Å². The number of anilines is 1. The van der Waals surface area contributed by atoms with Gasteiger partial charge in [-0.3, -0.25) is 4.21 Å². The number of nitrogens with two attached hydrogens (primary N) is 1. The van der Waals surface area contributed by atoms with E-state index in [4.69, 9.17) is 14.9 Å². The van der Waals surface area contributed by atoms with Crippen LogP contribution in [0.1, 0.15) is 5.89 Å². The van der Waals surface area contributed by atoms with Crippen molar-refractivity contribution in [1.29, 1.82) is 0 Å². The van der Waals surface area contributed by atoms with Crippen LogP contribution in [0.2, 0.25) is 0 Å². The summed E-state index contributed by atoms with van der Waals surface area (Å²) in [5, 5.41) is 0. The Morgan fingerprint density at radius 3 is 2.71 bits per heavy atom. The van der Waals surface area contributed by atoms with Gasteiger partial charge in [0.1, 0.15) is 17.0 Å². The van der Waals surface area contributed by atoms with E-state index < -0.39 is 10.8 Å². The highest BCUT2D eigenvalue weighted by atomic mass is 32.2. The second kappa shape index (κ2) is 5.57. The first-order valence-electron chi connectivity index (χ1n) is 6.33. The van der Waals surface area contributed by atoms with Gasteiger partial charge in [-0.15, -0.1) is 0 Å². The molecule has 2 N–H and O–H groups in total. The monoisotopic (exact) mass is 302 g/mol. The molecule has 0 spiro atoms. The van der Waals surface area contributed by atoms with Crippen molar-refractivity contribution < 1.29 is 13.4 Å². The summed E-state index contributed by atoms with van der Waals surface area (Å²) in [6, 6.07) is 12.3. The van der Waals surface area contributed by atoms with Crippen molar-refractivity contribution in [1.82, 2.24) is 4.98 Å². The van der Waals surface area contributed by atoms with Crippen molar-refractivity contribution >= 4 is 27.6 Å². The molecule has 0 aliphatic carbocycles. The Kier molecular flexibility index (Phi) is 3.62. The minimum atomic E-state index is -1.22. The quantitative estimate of drug-likeness (QED) is 0.750. The molecule has 0 fully saturated rings. The van der Waals surface area contributed by atoms with Crippen LogP contribution in [0.3, 0.4) is 0 Å². The van der Waals surface area contributed by atoms with E-state index in [1.165, 1.54) is 0 Å². The fraction of sp³-hybridized carbons (Fsp3) is 0.133. The van der Waals surface area contributed by atoms with Crippen molar-refractivity contribution in [3.63, 3.8) is 0 Å². The van der Waals surface area contributed by atoms with Crippen LogP contribution in [0.15, 0.2) is 51.8 Å². The van der Waals surface area contributed by atoms with Crippen LogP contribution in [-0.4, -0.2) is 16.3 Å². The number of ether oxygens (including phenoxy) is 1. The van der Waals surface area contributed by atoms with E-state index >= 15 is 0 Å². The van der Waals surface area contributed by atoms with E-state index in [1.54, 1.807) is 49.6 Å². The number of aromatic nitrogens is 1. The summed E-state index contributed by atoms with van der Waals surface area (Å²) in [6.07, 6.45) is 0. The number of oxazole rings is 1. The third-order valence-electron chi connectivity index (χ3n) is 3.03. The van der Waals surface area contributed by atoms with Gasteiger partial charge < -0.3 is 14.9 Å². The first-order valence-corrected chi connectivity index (χ1v) is 7.65. The van der Waals surface area contributed by atoms with Gasteiger partial charge in [0.25, 0.3) is 0 Å². The molecule has 0 saturated carbocycles. The lowest BCUT2D eigenvalue weighted by Gasteiger charge is -2.02. The summed E-state index contributed by atoms with van der Waals surface area (Å²) in [5.74, 6) is 1.39. The number of rotatable bonds is 4. The molecule has 0 radical (unpaired) electrons. The Labute approximate surface area is 124 Å². The maximum Gasteiger partial charge on any atom is 0.208 e. The molecule has 1 atom stereocenters. The molecule has 0 saturated heterocycles. The number of benzene rings is 2. The van der Waals surface area contributed by atoms with Crippen molar-refractivity contribution in [3.8, 4) is 5.75 Å². The maximum absolute atomic E-state index is 12.3. The fourth-order valence-electron chi connectivity index (χ4n) is 1.98. The summed E-state index contributed by atoms with van der Waals surface area (Å²) in [7, 11) is 0.374. The van der Waals surface area contributed by atoms with E-state index in [9.17, 15) is 4.21 Å². The van der Waals surface area contributed by atoms with Crippen LogP contribution in [0.25, 0.3) is 11.1 Å². The summed E-state index contributed by atoms with van der Waals surface area (Å²) < 4.78 is 23.0. The molecule has 0 aliphatic heterocycles. The number of hydrogen-bond donors (Lipinski definition) is 1. The number of hydrogen-bond acceptors (Lipinski definition) is 5. The average Bonchev–Trinajstić information content (AvgIpc) is 2.88. The highest BCUT2D eigenvalue weighted by Crippen LogP contribution is 2.21. The minimum absolute atomic E-state index is 0.223. The molecule has 1 aromatic heterocycles. The van der Waals surface area contributed by atoms with Gasteiger partial charge in [-0.1, -0.05) is 0 Å². The van der Waals surface area contributed by atoms with Gasteiger partial charge in [0, 0.05) is 10.6 Å². The molecule has 1 unspecified atom stereocenters. The smallest absolute Gasteiger partial charge is 0.208 e. The summed E-state index contributed by atoms with van der Waals surface area (Å²) in [6.45, 7) is 0. The van der Waals surface area contributed by atoms with E-state index in [1.807, 2.05) is 0 Å². The predicted octanol–water partition coefficient (Wildman–Crippen LogP) is 2.73. The van der Waals surface area contributed by atoms with Gasteiger partial charge in [0.15, 0.2) is 5.58 Å². The molecular weight excluding hydrogens is 288 g/mol. The standard InChI is InChI=1S/C15H14N2O3S/c1-19-11-3-5-12(6-4-11)21(18)9-15-17-13-8-10(16)2-7-14(13)20-15/h2-8H,9,16H2,1H3. The number of methoxy groups -OCH3 is 1. The van der Waals surface area contributed by atoms with Gasteiger partial charge in [-0.25, -0.2) is 4.98 Å². The number of nitrogens with zero attached hydrogens (tertiary/aromatic N) is 1. The highest BCUT2D eigenvalue weighted by Gasteiger charge is 2.11. The number of nitrogen functional groups attached to an aromatic ring is 1. The molecule has 21 heavy (non-hydrogen) atoms. The zero-order chi connectivity index (χ0) is 14.8. The van der Waals surface area contributed by atoms with Crippen molar-refractivity contribution in [2.75, 3.05) is 12.8 Å². The maximum atomic E-state index is 12.3. The van der Waals surface area contributed by atoms with Gasteiger partial charge >= 0.3 is 0 Å². The predicted molar refractivity (Wildman–Crippen MR) is 81.5 cm³/mol. The normalized spacial score (nSPS) is 12.4. The molecular formula is C15H14N2O3S. The molecule has 0 aliphatic rings. The molecule has 108 valence electrons. The van der Waals surface area contributed by atoms with Crippen LogP contribution in [0, 0.1) is 0 Å².